The Balaban J connectivity index is 1.86. The van der Waals surface area contributed by atoms with Gasteiger partial charge in [-0.05, 0) is 47.5 Å². The summed E-state index contributed by atoms with van der Waals surface area (Å²) in [5.74, 6) is 0.502. The molecule has 0 saturated carbocycles. The van der Waals surface area contributed by atoms with Gasteiger partial charge >= 0.3 is 5.97 Å². The van der Waals surface area contributed by atoms with Gasteiger partial charge in [-0.3, -0.25) is 0 Å². The van der Waals surface area contributed by atoms with Crippen molar-refractivity contribution in [3.8, 4) is 11.5 Å². The number of ether oxygens (including phenoxy) is 2. The molecule has 0 fully saturated rings. The number of hydrogen-bond acceptors (Lipinski definition) is 3. The van der Waals surface area contributed by atoms with Gasteiger partial charge in [0.1, 0.15) is 11.5 Å². The maximum atomic E-state index is 12.3. The molecule has 0 unspecified atom stereocenters. The van der Waals surface area contributed by atoms with Gasteiger partial charge in [0, 0.05) is 5.41 Å². The van der Waals surface area contributed by atoms with E-state index in [0.29, 0.717) is 27.1 Å². The summed E-state index contributed by atoms with van der Waals surface area (Å²) in [6.45, 7) is 4.15. The van der Waals surface area contributed by atoms with Crippen LogP contribution in [0.1, 0.15) is 35.3 Å². The molecule has 3 aromatic rings. The van der Waals surface area contributed by atoms with Gasteiger partial charge in [-0.25, -0.2) is 4.79 Å². The molecule has 28 heavy (non-hydrogen) atoms. The predicted molar refractivity (Wildman–Crippen MR) is 113 cm³/mol. The minimum Gasteiger partial charge on any atom is -0.495 e. The highest BCUT2D eigenvalue weighted by atomic mass is 35.5. The van der Waals surface area contributed by atoms with Crippen molar-refractivity contribution in [1.29, 1.82) is 0 Å². The molecule has 0 aromatic heterocycles. The molecular weight excluding hydrogens is 395 g/mol. The lowest BCUT2D eigenvalue weighted by Crippen LogP contribution is -2.19. The number of carbonyl (C=O) groups is 1. The van der Waals surface area contributed by atoms with E-state index < -0.39 is 5.97 Å². The average Bonchev–Trinajstić information content (AvgIpc) is 2.70. The number of methoxy groups -OCH3 is 1. The molecule has 3 nitrogen and oxygen atoms in total. The van der Waals surface area contributed by atoms with Crippen molar-refractivity contribution >= 4 is 29.2 Å². The van der Waals surface area contributed by atoms with Gasteiger partial charge in [0.2, 0.25) is 0 Å². The van der Waals surface area contributed by atoms with Crippen molar-refractivity contribution in [2.24, 2.45) is 0 Å². The molecule has 0 aliphatic rings. The summed E-state index contributed by atoms with van der Waals surface area (Å²) in [5.41, 5.74) is 2.10. The molecule has 0 atom stereocenters. The molecule has 0 N–H and O–H groups in total. The zero-order chi connectivity index (χ0) is 20.3. The van der Waals surface area contributed by atoms with Crippen molar-refractivity contribution in [3.05, 3.63) is 93.5 Å². The van der Waals surface area contributed by atoms with E-state index in [-0.39, 0.29) is 5.41 Å². The molecular formula is C23H20Cl2O3. The number of esters is 1. The smallest absolute Gasteiger partial charge is 0.343 e. The standard InChI is InChI=1S/C23H20Cl2O3/c1-23(2,16-9-11-20(27-3)18(24)13-16)17-10-12-21(19(25)14-17)28-22(26)15-7-5-4-6-8-15/h4-14H,1-3H3. The van der Waals surface area contributed by atoms with E-state index in [1.54, 1.807) is 37.4 Å². The third-order valence-electron chi connectivity index (χ3n) is 4.74. The maximum Gasteiger partial charge on any atom is 0.343 e. The number of carbonyl (C=O) groups excluding carboxylic acids is 1. The summed E-state index contributed by atoms with van der Waals surface area (Å²) < 4.78 is 10.7. The van der Waals surface area contributed by atoms with Crippen LogP contribution in [0.25, 0.3) is 0 Å². The molecule has 0 saturated heterocycles. The summed E-state index contributed by atoms with van der Waals surface area (Å²) >= 11 is 12.7. The van der Waals surface area contributed by atoms with Crippen LogP contribution in [-0.4, -0.2) is 13.1 Å². The van der Waals surface area contributed by atoms with Crippen molar-refractivity contribution < 1.29 is 14.3 Å². The van der Waals surface area contributed by atoms with Crippen molar-refractivity contribution in [1.82, 2.24) is 0 Å². The molecule has 3 aromatic carbocycles. The van der Waals surface area contributed by atoms with Gasteiger partial charge in [0.05, 0.1) is 22.7 Å². The lowest BCUT2D eigenvalue weighted by atomic mass is 9.78. The largest absolute Gasteiger partial charge is 0.495 e. The number of benzene rings is 3. The van der Waals surface area contributed by atoms with Crippen LogP contribution in [0.5, 0.6) is 11.5 Å². The molecule has 3 rings (SSSR count). The van der Waals surface area contributed by atoms with Crippen molar-refractivity contribution in [2.75, 3.05) is 7.11 Å². The van der Waals surface area contributed by atoms with Crippen LogP contribution in [0.2, 0.25) is 10.0 Å². The van der Waals surface area contributed by atoms with Crippen molar-refractivity contribution in [3.63, 3.8) is 0 Å². The molecule has 0 bridgehead atoms. The Kier molecular flexibility index (Phi) is 5.97. The summed E-state index contributed by atoms with van der Waals surface area (Å²) in [6, 6.07) is 19.9. The van der Waals surface area contributed by atoms with E-state index in [1.807, 2.05) is 36.4 Å². The first kappa shape index (κ1) is 20.2. The molecule has 5 heteroatoms. The van der Waals surface area contributed by atoms with E-state index in [1.165, 1.54) is 0 Å². The van der Waals surface area contributed by atoms with E-state index in [9.17, 15) is 4.79 Å². The second-order valence-corrected chi connectivity index (χ2v) is 7.69. The highest BCUT2D eigenvalue weighted by molar-refractivity contribution is 6.32. The average molecular weight is 415 g/mol. The van der Waals surface area contributed by atoms with Crippen LogP contribution < -0.4 is 9.47 Å². The molecule has 0 radical (unpaired) electrons. The molecule has 0 heterocycles. The zero-order valence-electron chi connectivity index (χ0n) is 15.8. The summed E-state index contributed by atoms with van der Waals surface area (Å²) in [7, 11) is 1.58. The van der Waals surface area contributed by atoms with Crippen LogP contribution in [0.4, 0.5) is 0 Å². The Bertz CT molecular complexity index is 998. The van der Waals surface area contributed by atoms with Gasteiger partial charge in [-0.2, -0.15) is 0 Å². The number of halogens is 2. The molecule has 144 valence electrons. The minimum atomic E-state index is -0.448. The Morgan fingerprint density at radius 2 is 1.36 bits per heavy atom. The maximum absolute atomic E-state index is 12.3. The van der Waals surface area contributed by atoms with E-state index >= 15 is 0 Å². The fourth-order valence-corrected chi connectivity index (χ4v) is 3.40. The second-order valence-electron chi connectivity index (χ2n) is 6.88. The topological polar surface area (TPSA) is 35.5 Å². The quantitative estimate of drug-likeness (QED) is 0.350. The first-order chi connectivity index (χ1) is 13.3. The van der Waals surface area contributed by atoms with E-state index in [2.05, 4.69) is 13.8 Å². The van der Waals surface area contributed by atoms with Crippen LogP contribution in [0.15, 0.2) is 66.7 Å². The van der Waals surface area contributed by atoms with Gasteiger partial charge in [0.15, 0.2) is 0 Å². The summed E-state index contributed by atoms with van der Waals surface area (Å²) in [4.78, 5) is 12.3. The molecule has 0 aliphatic heterocycles. The second kappa shape index (κ2) is 8.26. The van der Waals surface area contributed by atoms with Crippen LogP contribution >= 0.6 is 23.2 Å². The van der Waals surface area contributed by atoms with Gasteiger partial charge < -0.3 is 9.47 Å². The first-order valence-corrected chi connectivity index (χ1v) is 9.50. The summed E-state index contributed by atoms with van der Waals surface area (Å²) in [6.07, 6.45) is 0. The number of rotatable bonds is 5. The fraction of sp³-hybridized carbons (Fsp3) is 0.174. The SMILES string of the molecule is COc1ccc(C(C)(C)c2ccc(OC(=O)c3ccccc3)c(Cl)c2)cc1Cl. The Labute approximate surface area is 174 Å². The zero-order valence-corrected chi connectivity index (χ0v) is 17.3. The lowest BCUT2D eigenvalue weighted by molar-refractivity contribution is 0.0735. The van der Waals surface area contributed by atoms with E-state index in [0.717, 1.165) is 11.1 Å². The fourth-order valence-electron chi connectivity index (χ4n) is 2.93. The summed E-state index contributed by atoms with van der Waals surface area (Å²) in [5, 5.41) is 0.919. The molecule has 0 aliphatic carbocycles. The van der Waals surface area contributed by atoms with Crippen molar-refractivity contribution in [2.45, 2.75) is 19.3 Å². The third kappa shape index (κ3) is 4.16. The van der Waals surface area contributed by atoms with Crippen LogP contribution in [-0.2, 0) is 5.41 Å². The monoisotopic (exact) mass is 414 g/mol. The lowest BCUT2D eigenvalue weighted by Gasteiger charge is -2.27. The molecule has 0 amide bonds. The first-order valence-electron chi connectivity index (χ1n) is 8.74. The number of hydrogen-bond donors (Lipinski definition) is 0. The predicted octanol–water partition coefficient (Wildman–Crippen LogP) is 6.55. The van der Waals surface area contributed by atoms with Gasteiger partial charge in [-0.1, -0.05) is 67.4 Å². The van der Waals surface area contributed by atoms with Crippen LogP contribution in [0.3, 0.4) is 0 Å². The highest BCUT2D eigenvalue weighted by Gasteiger charge is 2.25. The van der Waals surface area contributed by atoms with Gasteiger partial charge in [-0.15, -0.1) is 0 Å². The minimum absolute atomic E-state index is 0.322. The highest BCUT2D eigenvalue weighted by Crippen LogP contribution is 2.38. The Morgan fingerprint density at radius 1 is 0.821 bits per heavy atom. The van der Waals surface area contributed by atoms with E-state index in [4.69, 9.17) is 32.7 Å². The van der Waals surface area contributed by atoms with Crippen LogP contribution in [0, 0.1) is 0 Å². The Hall–Kier alpha value is -2.49. The Morgan fingerprint density at radius 3 is 1.86 bits per heavy atom. The van der Waals surface area contributed by atoms with Gasteiger partial charge in [0.25, 0.3) is 0 Å². The normalized spacial score (nSPS) is 11.2. The molecule has 0 spiro atoms. The third-order valence-corrected chi connectivity index (χ3v) is 5.33.